The fourth-order valence-electron chi connectivity index (χ4n) is 3.72. The summed E-state index contributed by atoms with van der Waals surface area (Å²) in [6, 6.07) is 4.20. The molecule has 0 unspecified atom stereocenters. The molecule has 27 heavy (non-hydrogen) atoms. The van der Waals surface area contributed by atoms with Gasteiger partial charge in [0.15, 0.2) is 0 Å². The van der Waals surface area contributed by atoms with Crippen LogP contribution in [-0.2, 0) is 20.6 Å². The molecular formula is C17H17F3N2O4S. The van der Waals surface area contributed by atoms with E-state index in [1.54, 1.807) is 13.8 Å². The minimum atomic E-state index is -4.61. The molecule has 2 atom stereocenters. The molecule has 1 aromatic rings. The second-order valence-corrected chi connectivity index (χ2v) is 8.57. The predicted octanol–water partition coefficient (Wildman–Crippen LogP) is 2.96. The van der Waals surface area contributed by atoms with Crippen molar-refractivity contribution in [3.8, 4) is 0 Å². The second kappa shape index (κ2) is 6.15. The molecule has 2 aliphatic rings. The number of carbonyl (C=O) groups excluding carboxylic acids is 1. The van der Waals surface area contributed by atoms with E-state index in [-0.39, 0.29) is 23.1 Å². The summed E-state index contributed by atoms with van der Waals surface area (Å²) in [5, 5.41) is 13.6. The Morgan fingerprint density at radius 2 is 2.07 bits per heavy atom. The number of nitrogens with zero attached hydrogens (tertiary/aromatic N) is 2. The molecule has 0 aliphatic carbocycles. The lowest BCUT2D eigenvalue weighted by Crippen LogP contribution is -2.71. The van der Waals surface area contributed by atoms with Gasteiger partial charge in [-0.3, -0.25) is 4.79 Å². The highest BCUT2D eigenvalue weighted by Crippen LogP contribution is 2.58. The van der Waals surface area contributed by atoms with Crippen LogP contribution in [0.3, 0.4) is 0 Å². The van der Waals surface area contributed by atoms with Crippen LogP contribution in [-0.4, -0.2) is 50.4 Å². The molecule has 2 heterocycles. The maximum absolute atomic E-state index is 13.2. The van der Waals surface area contributed by atoms with E-state index in [2.05, 4.69) is 5.16 Å². The van der Waals surface area contributed by atoms with E-state index in [4.69, 9.17) is 4.84 Å². The van der Waals surface area contributed by atoms with Gasteiger partial charge in [0.1, 0.15) is 12.8 Å². The average molecular weight is 402 g/mol. The Kier molecular flexibility index (Phi) is 4.45. The van der Waals surface area contributed by atoms with Crippen molar-refractivity contribution in [1.82, 2.24) is 4.90 Å². The average Bonchev–Trinajstić information content (AvgIpc) is 2.75. The number of hydrogen-bond donors (Lipinski definition) is 1. The van der Waals surface area contributed by atoms with E-state index in [0.717, 1.165) is 12.1 Å². The number of β-lactam (4-membered cyclic amide) rings is 1. The molecule has 0 bridgehead atoms. The number of hydrogen-bond acceptors (Lipinski definition) is 5. The van der Waals surface area contributed by atoms with E-state index in [1.165, 1.54) is 35.9 Å². The zero-order valence-corrected chi connectivity index (χ0v) is 15.5. The highest BCUT2D eigenvalue weighted by molar-refractivity contribution is 8.01. The lowest BCUT2D eigenvalue weighted by Gasteiger charge is -2.46. The molecule has 1 amide bonds. The number of rotatable bonds is 4. The smallest absolute Gasteiger partial charge is 0.416 e. The second-order valence-electron chi connectivity index (χ2n) is 6.77. The molecule has 2 aliphatic heterocycles. The summed E-state index contributed by atoms with van der Waals surface area (Å²) < 4.78 is 38.4. The number of fused-ring (bicyclic) bond motifs is 1. The zero-order valence-electron chi connectivity index (χ0n) is 14.7. The molecule has 0 saturated carbocycles. The third-order valence-electron chi connectivity index (χ3n) is 4.87. The third kappa shape index (κ3) is 2.69. The van der Waals surface area contributed by atoms with Gasteiger partial charge in [0.25, 0.3) is 0 Å². The Morgan fingerprint density at radius 1 is 1.41 bits per heavy atom. The number of aliphatic carboxylic acids is 1. The van der Waals surface area contributed by atoms with E-state index < -0.39 is 33.9 Å². The van der Waals surface area contributed by atoms with Crippen LogP contribution >= 0.6 is 11.8 Å². The van der Waals surface area contributed by atoms with Crippen LogP contribution in [0.25, 0.3) is 0 Å². The fourth-order valence-corrected chi connectivity index (χ4v) is 5.46. The summed E-state index contributed by atoms with van der Waals surface area (Å²) in [5.41, 5.74) is -3.21. The zero-order chi connectivity index (χ0) is 20.2. The van der Waals surface area contributed by atoms with Crippen molar-refractivity contribution in [2.75, 3.05) is 7.11 Å². The number of oxime groups is 1. The maximum Gasteiger partial charge on any atom is 0.416 e. The molecule has 2 fully saturated rings. The molecule has 0 aromatic heterocycles. The molecule has 0 spiro atoms. The molecular weight excluding hydrogens is 385 g/mol. The fraction of sp³-hybridized carbons (Fsp3) is 0.471. The SMILES string of the molecule is CON=C(c1cccc(C(F)(F)F)c1)[C@@]1(C(=O)O)N2C(=O)C[C@H]2SC1(C)C. The van der Waals surface area contributed by atoms with Crippen LogP contribution in [0.15, 0.2) is 29.4 Å². The van der Waals surface area contributed by atoms with E-state index in [1.807, 2.05) is 0 Å². The summed E-state index contributed by atoms with van der Waals surface area (Å²) in [6.45, 7) is 3.27. The van der Waals surface area contributed by atoms with Crippen molar-refractivity contribution >= 4 is 29.4 Å². The van der Waals surface area contributed by atoms with Crippen molar-refractivity contribution in [3.63, 3.8) is 0 Å². The first-order valence-corrected chi connectivity index (χ1v) is 8.87. The van der Waals surface area contributed by atoms with Crippen molar-refractivity contribution in [2.45, 2.75) is 42.1 Å². The van der Waals surface area contributed by atoms with Gasteiger partial charge < -0.3 is 14.8 Å². The van der Waals surface area contributed by atoms with Gasteiger partial charge in [0.2, 0.25) is 11.4 Å². The molecule has 3 rings (SSSR count). The normalized spacial score (nSPS) is 27.2. The number of benzene rings is 1. The quantitative estimate of drug-likeness (QED) is 0.476. The number of carboxylic acids is 1. The number of thioether (sulfide) groups is 1. The Labute approximate surface area is 157 Å². The van der Waals surface area contributed by atoms with Crippen LogP contribution in [0.2, 0.25) is 0 Å². The van der Waals surface area contributed by atoms with Crippen molar-refractivity contribution in [1.29, 1.82) is 0 Å². The van der Waals surface area contributed by atoms with Crippen molar-refractivity contribution < 1.29 is 32.7 Å². The van der Waals surface area contributed by atoms with E-state index in [9.17, 15) is 27.9 Å². The molecule has 0 radical (unpaired) electrons. The van der Waals surface area contributed by atoms with Crippen molar-refractivity contribution in [3.05, 3.63) is 35.4 Å². The van der Waals surface area contributed by atoms with Crippen LogP contribution in [0, 0.1) is 0 Å². The van der Waals surface area contributed by atoms with Gasteiger partial charge in [-0.15, -0.1) is 11.8 Å². The number of amides is 1. The highest BCUT2D eigenvalue weighted by Gasteiger charge is 2.72. The minimum absolute atomic E-state index is 0.0666. The number of alkyl halides is 3. The molecule has 1 N–H and O–H groups in total. The molecule has 2 saturated heterocycles. The molecule has 10 heteroatoms. The summed E-state index contributed by atoms with van der Waals surface area (Å²) >= 11 is 1.28. The van der Waals surface area contributed by atoms with Gasteiger partial charge in [-0.05, 0) is 26.0 Å². The number of carboxylic acid groups (broad SMARTS) is 1. The third-order valence-corrected chi connectivity index (χ3v) is 6.40. The Hall–Kier alpha value is -2.23. The molecule has 6 nitrogen and oxygen atoms in total. The van der Waals surface area contributed by atoms with Crippen LogP contribution in [0.5, 0.6) is 0 Å². The maximum atomic E-state index is 13.2. The first-order valence-electron chi connectivity index (χ1n) is 7.99. The first-order chi connectivity index (χ1) is 12.5. The van der Waals surface area contributed by atoms with Crippen LogP contribution in [0.4, 0.5) is 13.2 Å². The Morgan fingerprint density at radius 3 is 2.59 bits per heavy atom. The van der Waals surface area contributed by atoms with Gasteiger partial charge in [-0.2, -0.15) is 13.2 Å². The highest BCUT2D eigenvalue weighted by atomic mass is 32.2. The number of carbonyl (C=O) groups is 2. The predicted molar refractivity (Wildman–Crippen MR) is 92.3 cm³/mol. The first kappa shape index (κ1) is 19.5. The lowest BCUT2D eigenvalue weighted by molar-refractivity contribution is -0.162. The van der Waals surface area contributed by atoms with E-state index in [0.29, 0.717) is 0 Å². The monoisotopic (exact) mass is 402 g/mol. The van der Waals surface area contributed by atoms with Crippen LogP contribution in [0.1, 0.15) is 31.4 Å². The molecule has 146 valence electrons. The summed E-state index contributed by atoms with van der Waals surface area (Å²) in [4.78, 5) is 30.7. The van der Waals surface area contributed by atoms with Gasteiger partial charge in [-0.1, -0.05) is 17.3 Å². The largest absolute Gasteiger partial charge is 0.479 e. The van der Waals surface area contributed by atoms with Gasteiger partial charge in [0, 0.05) is 5.56 Å². The van der Waals surface area contributed by atoms with Gasteiger partial charge in [0.05, 0.1) is 22.1 Å². The van der Waals surface area contributed by atoms with E-state index >= 15 is 0 Å². The Balaban J connectivity index is 2.26. The van der Waals surface area contributed by atoms with Crippen molar-refractivity contribution in [2.24, 2.45) is 5.16 Å². The number of halogens is 3. The van der Waals surface area contributed by atoms with Crippen LogP contribution < -0.4 is 0 Å². The van der Waals surface area contributed by atoms with Gasteiger partial charge in [-0.25, -0.2) is 4.79 Å². The summed E-state index contributed by atoms with van der Waals surface area (Å²) in [7, 11) is 1.17. The Bertz CT molecular complexity index is 840. The molecule has 1 aromatic carbocycles. The standard InChI is InChI=1S/C17H17F3N2O4S/c1-15(2)16(14(24)25,22-11(23)8-12(22)27-15)13(21-26-3)9-5-4-6-10(7-9)17(18,19)20/h4-7,12H,8H2,1-3H3,(H,24,25)/t12-,16+/m1/s1. The van der Waals surface area contributed by atoms with Gasteiger partial charge >= 0.3 is 12.1 Å². The summed E-state index contributed by atoms with van der Waals surface area (Å²) in [6.07, 6.45) is -4.44. The topological polar surface area (TPSA) is 79.2 Å². The minimum Gasteiger partial charge on any atom is -0.479 e. The summed E-state index contributed by atoms with van der Waals surface area (Å²) in [5.74, 6) is -1.76. The lowest BCUT2D eigenvalue weighted by atomic mass is 9.75.